The van der Waals surface area contributed by atoms with Crippen LogP contribution < -0.4 is 9.47 Å². The first-order chi connectivity index (χ1) is 15.4. The van der Waals surface area contributed by atoms with Crippen molar-refractivity contribution in [1.82, 2.24) is 4.90 Å². The topological polar surface area (TPSA) is 98.4 Å². The zero-order valence-electron chi connectivity index (χ0n) is 18.4. The molecule has 1 amide bonds. The highest BCUT2D eigenvalue weighted by Gasteiger charge is 2.45. The highest BCUT2D eigenvalue weighted by Crippen LogP contribution is 2.42. The summed E-state index contributed by atoms with van der Waals surface area (Å²) in [5, 5.41) is 10.8. The molecule has 0 saturated carbocycles. The van der Waals surface area contributed by atoms with Gasteiger partial charge < -0.3 is 28.6 Å². The van der Waals surface area contributed by atoms with Crippen molar-refractivity contribution < 1.29 is 33.3 Å². The SMILES string of the molecule is CCOc1ccc(C2C(C(=O)c3ccc(C)o3)=C(O)C(=O)N2CC2CCCO2)cc1OC. The number of aryl methyl sites for hydroxylation is 1. The van der Waals surface area contributed by atoms with Crippen molar-refractivity contribution in [2.24, 2.45) is 0 Å². The van der Waals surface area contributed by atoms with Crippen LogP contribution in [0.4, 0.5) is 0 Å². The fourth-order valence-electron chi connectivity index (χ4n) is 4.25. The van der Waals surface area contributed by atoms with E-state index in [4.69, 9.17) is 18.6 Å². The lowest BCUT2D eigenvalue weighted by molar-refractivity contribution is -0.131. The van der Waals surface area contributed by atoms with Crippen molar-refractivity contribution in [3.05, 3.63) is 58.7 Å². The Hall–Kier alpha value is -3.26. The van der Waals surface area contributed by atoms with Gasteiger partial charge in [0.25, 0.3) is 5.91 Å². The first-order valence-corrected chi connectivity index (χ1v) is 10.7. The maximum Gasteiger partial charge on any atom is 0.290 e. The Kier molecular flexibility index (Phi) is 6.23. The van der Waals surface area contributed by atoms with Gasteiger partial charge in [-0.05, 0) is 56.5 Å². The van der Waals surface area contributed by atoms with E-state index in [-0.39, 0.29) is 24.0 Å². The Bertz CT molecular complexity index is 1050. The van der Waals surface area contributed by atoms with Gasteiger partial charge >= 0.3 is 0 Å². The molecule has 4 rings (SSSR count). The zero-order valence-corrected chi connectivity index (χ0v) is 18.4. The van der Waals surface area contributed by atoms with Crippen LogP contribution in [0.1, 0.15) is 47.7 Å². The lowest BCUT2D eigenvalue weighted by Gasteiger charge is -2.29. The van der Waals surface area contributed by atoms with Crippen molar-refractivity contribution >= 4 is 11.7 Å². The van der Waals surface area contributed by atoms with E-state index in [2.05, 4.69) is 0 Å². The Morgan fingerprint density at radius 3 is 2.69 bits per heavy atom. The number of carbonyl (C=O) groups excluding carboxylic acids is 2. The molecule has 1 aromatic carbocycles. The van der Waals surface area contributed by atoms with Gasteiger partial charge in [-0.15, -0.1) is 0 Å². The predicted molar refractivity (Wildman–Crippen MR) is 115 cm³/mol. The number of ether oxygens (including phenoxy) is 3. The largest absolute Gasteiger partial charge is 0.503 e. The van der Waals surface area contributed by atoms with E-state index in [0.29, 0.717) is 36.0 Å². The molecule has 0 radical (unpaired) electrons. The summed E-state index contributed by atoms with van der Waals surface area (Å²) in [4.78, 5) is 27.9. The number of Topliss-reactive ketones (excluding diaryl/α,β-unsaturated/α-hetero) is 1. The van der Waals surface area contributed by atoms with Crippen LogP contribution in [0.25, 0.3) is 0 Å². The molecule has 2 unspecified atom stereocenters. The summed E-state index contributed by atoms with van der Waals surface area (Å²) in [5.41, 5.74) is 0.598. The smallest absolute Gasteiger partial charge is 0.290 e. The van der Waals surface area contributed by atoms with Gasteiger partial charge in [0.2, 0.25) is 5.78 Å². The fourth-order valence-corrected chi connectivity index (χ4v) is 4.25. The van der Waals surface area contributed by atoms with Crippen LogP contribution >= 0.6 is 0 Å². The Labute approximate surface area is 186 Å². The van der Waals surface area contributed by atoms with Gasteiger partial charge in [0.15, 0.2) is 23.0 Å². The van der Waals surface area contributed by atoms with Crippen LogP contribution in [0, 0.1) is 6.92 Å². The number of benzene rings is 1. The van der Waals surface area contributed by atoms with Gasteiger partial charge in [-0.3, -0.25) is 9.59 Å². The van der Waals surface area contributed by atoms with Crippen LogP contribution in [-0.2, 0) is 9.53 Å². The van der Waals surface area contributed by atoms with Gasteiger partial charge in [0.05, 0.1) is 31.4 Å². The molecule has 0 aliphatic carbocycles. The number of hydrogen-bond acceptors (Lipinski definition) is 7. The van der Waals surface area contributed by atoms with E-state index >= 15 is 0 Å². The van der Waals surface area contributed by atoms with Crippen molar-refractivity contribution in [1.29, 1.82) is 0 Å². The summed E-state index contributed by atoms with van der Waals surface area (Å²) < 4.78 is 22.3. The molecule has 32 heavy (non-hydrogen) atoms. The molecular formula is C24H27NO7. The van der Waals surface area contributed by atoms with Crippen LogP contribution in [0.15, 0.2) is 46.1 Å². The van der Waals surface area contributed by atoms with Gasteiger partial charge in [-0.1, -0.05) is 6.07 Å². The minimum Gasteiger partial charge on any atom is -0.503 e. The van der Waals surface area contributed by atoms with Crippen molar-refractivity contribution in [2.75, 3.05) is 26.9 Å². The van der Waals surface area contributed by atoms with Gasteiger partial charge in [-0.2, -0.15) is 0 Å². The quantitative estimate of drug-likeness (QED) is 0.623. The van der Waals surface area contributed by atoms with E-state index in [0.717, 1.165) is 12.8 Å². The molecule has 1 saturated heterocycles. The highest BCUT2D eigenvalue weighted by atomic mass is 16.5. The summed E-state index contributed by atoms with van der Waals surface area (Å²) in [7, 11) is 1.52. The molecule has 170 valence electrons. The Morgan fingerprint density at radius 1 is 1.25 bits per heavy atom. The standard InChI is InChI=1S/C24H27NO7/c1-4-30-17-10-8-15(12-19(17)29-3)21-20(22(26)18-9-7-14(2)32-18)23(27)24(28)25(21)13-16-6-5-11-31-16/h7-10,12,16,21,27H,4-6,11,13H2,1-3H3. The molecule has 2 aliphatic rings. The first-order valence-electron chi connectivity index (χ1n) is 10.7. The Morgan fingerprint density at radius 2 is 2.06 bits per heavy atom. The molecule has 3 heterocycles. The first kappa shape index (κ1) is 22.0. The molecular weight excluding hydrogens is 414 g/mol. The van der Waals surface area contributed by atoms with E-state index in [9.17, 15) is 14.7 Å². The summed E-state index contributed by atoms with van der Waals surface area (Å²) in [5.74, 6) is -0.0501. The van der Waals surface area contributed by atoms with Crippen molar-refractivity contribution in [3.8, 4) is 11.5 Å². The number of aliphatic hydroxyl groups is 1. The normalized spacial score (nSPS) is 20.8. The zero-order chi connectivity index (χ0) is 22.8. The third-order valence-corrected chi connectivity index (χ3v) is 5.74. The van der Waals surface area contributed by atoms with Gasteiger partial charge in [-0.25, -0.2) is 0 Å². The number of nitrogens with zero attached hydrogens (tertiary/aromatic N) is 1. The summed E-state index contributed by atoms with van der Waals surface area (Å²) >= 11 is 0. The maximum absolute atomic E-state index is 13.3. The predicted octanol–water partition coefficient (Wildman–Crippen LogP) is 3.75. The van der Waals surface area contributed by atoms with Crippen molar-refractivity contribution in [3.63, 3.8) is 0 Å². The molecule has 0 bridgehead atoms. The number of hydrogen-bond donors (Lipinski definition) is 1. The van der Waals surface area contributed by atoms with E-state index in [1.54, 1.807) is 37.3 Å². The van der Waals surface area contributed by atoms with Gasteiger partial charge in [0.1, 0.15) is 5.76 Å². The number of rotatable bonds is 8. The number of furan rings is 1. The number of ketones is 1. The molecule has 8 nitrogen and oxygen atoms in total. The molecule has 1 aromatic heterocycles. The van der Waals surface area contributed by atoms with E-state index < -0.39 is 23.5 Å². The second-order valence-corrected chi connectivity index (χ2v) is 7.84. The minimum atomic E-state index is -0.811. The third kappa shape index (κ3) is 3.98. The second kappa shape index (κ2) is 9.08. The molecule has 1 fully saturated rings. The number of aliphatic hydroxyl groups excluding tert-OH is 1. The maximum atomic E-state index is 13.3. The average Bonchev–Trinajstić information content (AvgIpc) is 3.51. The molecule has 1 N–H and O–H groups in total. The summed E-state index contributed by atoms with van der Waals surface area (Å²) in [6.07, 6.45) is 1.56. The summed E-state index contributed by atoms with van der Waals surface area (Å²) in [6.45, 7) is 4.95. The van der Waals surface area contributed by atoms with E-state index in [1.807, 2.05) is 6.92 Å². The Balaban J connectivity index is 1.78. The lowest BCUT2D eigenvalue weighted by atomic mass is 9.94. The van der Waals surface area contributed by atoms with Gasteiger partial charge in [0, 0.05) is 13.2 Å². The van der Waals surface area contributed by atoms with E-state index in [1.165, 1.54) is 12.0 Å². The third-order valence-electron chi connectivity index (χ3n) is 5.74. The van der Waals surface area contributed by atoms with Crippen molar-refractivity contribution in [2.45, 2.75) is 38.8 Å². The monoisotopic (exact) mass is 441 g/mol. The van der Waals surface area contributed by atoms with Crippen LogP contribution in [-0.4, -0.2) is 54.7 Å². The highest BCUT2D eigenvalue weighted by molar-refractivity contribution is 6.15. The molecule has 2 aromatic rings. The molecule has 0 spiro atoms. The molecule has 8 heteroatoms. The second-order valence-electron chi connectivity index (χ2n) is 7.84. The average molecular weight is 441 g/mol. The summed E-state index contributed by atoms with van der Waals surface area (Å²) in [6, 6.07) is 7.63. The number of methoxy groups -OCH3 is 1. The minimum absolute atomic E-state index is 0.0199. The molecule has 2 aliphatic heterocycles. The number of carbonyl (C=O) groups is 2. The number of amides is 1. The van der Waals surface area contributed by atoms with Crippen LogP contribution in [0.5, 0.6) is 11.5 Å². The van der Waals surface area contributed by atoms with Crippen LogP contribution in [0.3, 0.4) is 0 Å². The molecule has 2 atom stereocenters. The van der Waals surface area contributed by atoms with Crippen LogP contribution in [0.2, 0.25) is 0 Å². The fraction of sp³-hybridized carbons (Fsp3) is 0.417. The lowest BCUT2D eigenvalue weighted by Crippen LogP contribution is -2.37.